The first-order valence-corrected chi connectivity index (χ1v) is 9.67. The van der Waals surface area contributed by atoms with E-state index in [1.54, 1.807) is 49.4 Å². The number of anilines is 1. The molecule has 1 aromatic heterocycles. The van der Waals surface area contributed by atoms with Crippen LogP contribution in [0.3, 0.4) is 0 Å². The largest absolute Gasteiger partial charge is 0.478 e. The van der Waals surface area contributed by atoms with E-state index in [1.807, 2.05) is 6.92 Å². The Labute approximate surface area is 182 Å². The number of barbiturate groups is 1. The first kappa shape index (κ1) is 20.8. The summed E-state index contributed by atoms with van der Waals surface area (Å²) in [5, 5.41) is 11.3. The van der Waals surface area contributed by atoms with Gasteiger partial charge in [0, 0.05) is 5.56 Å². The topological polar surface area (TPSA) is 117 Å². The molecule has 1 saturated heterocycles. The molecule has 160 valence electrons. The number of aryl methyl sites for hydroxylation is 2. The molecule has 2 aromatic carbocycles. The number of rotatable bonds is 4. The molecule has 0 saturated carbocycles. The Morgan fingerprint density at radius 3 is 2.38 bits per heavy atom. The van der Waals surface area contributed by atoms with Crippen LogP contribution in [0.4, 0.5) is 10.5 Å². The van der Waals surface area contributed by atoms with Crippen molar-refractivity contribution >= 4 is 35.6 Å². The molecular weight excluding hydrogens is 412 g/mol. The minimum absolute atomic E-state index is 0.158. The van der Waals surface area contributed by atoms with E-state index in [0.29, 0.717) is 22.6 Å². The normalized spacial score (nSPS) is 15.2. The maximum Gasteiger partial charge on any atom is 0.335 e. The van der Waals surface area contributed by atoms with Crippen molar-refractivity contribution in [3.8, 4) is 11.3 Å². The van der Waals surface area contributed by atoms with E-state index in [1.165, 1.54) is 18.2 Å². The molecule has 0 bridgehead atoms. The number of nitrogens with one attached hydrogen (secondary N) is 1. The van der Waals surface area contributed by atoms with Crippen LogP contribution >= 0.6 is 0 Å². The van der Waals surface area contributed by atoms with Gasteiger partial charge >= 0.3 is 12.0 Å². The van der Waals surface area contributed by atoms with Gasteiger partial charge in [0.15, 0.2) is 0 Å². The maximum absolute atomic E-state index is 12.9. The number of carbonyl (C=O) groups excluding carboxylic acids is 3. The van der Waals surface area contributed by atoms with Crippen molar-refractivity contribution in [3.63, 3.8) is 0 Å². The Kier molecular flexibility index (Phi) is 5.19. The van der Waals surface area contributed by atoms with Crippen molar-refractivity contribution in [2.24, 2.45) is 0 Å². The molecule has 32 heavy (non-hydrogen) atoms. The molecule has 0 aliphatic carbocycles. The predicted molar refractivity (Wildman–Crippen MR) is 116 cm³/mol. The zero-order valence-corrected chi connectivity index (χ0v) is 17.2. The number of aromatic carboxylic acids is 1. The van der Waals surface area contributed by atoms with Gasteiger partial charge in [0.2, 0.25) is 0 Å². The molecule has 1 fully saturated rings. The summed E-state index contributed by atoms with van der Waals surface area (Å²) in [7, 11) is 0. The predicted octanol–water partition coefficient (Wildman–Crippen LogP) is 3.93. The summed E-state index contributed by atoms with van der Waals surface area (Å²) in [6, 6.07) is 13.8. The standard InChI is InChI=1S/C24H18N2O6/c1-13-3-6-16(7-4-13)26-22(28)19(21(27)25-24(26)31)12-17-8-10-20(32-17)18-9-5-15(23(29)30)11-14(18)2/h3-12H,1-2H3,(H,29,30)(H,25,27,31)/b19-12-. The monoisotopic (exact) mass is 430 g/mol. The summed E-state index contributed by atoms with van der Waals surface area (Å²) in [5.74, 6) is -1.93. The maximum atomic E-state index is 12.9. The number of hydrogen-bond donors (Lipinski definition) is 2. The van der Waals surface area contributed by atoms with Crippen molar-refractivity contribution in [1.82, 2.24) is 5.32 Å². The number of carboxylic acids is 1. The number of hydrogen-bond acceptors (Lipinski definition) is 5. The molecule has 0 unspecified atom stereocenters. The molecule has 4 amide bonds. The number of imide groups is 2. The SMILES string of the molecule is Cc1ccc(N2C(=O)NC(=O)/C(=C/c3ccc(-c4ccc(C(=O)O)cc4C)o3)C2=O)cc1. The Morgan fingerprint density at radius 2 is 1.72 bits per heavy atom. The third kappa shape index (κ3) is 3.81. The van der Waals surface area contributed by atoms with E-state index in [0.717, 1.165) is 10.5 Å². The number of benzene rings is 2. The number of urea groups is 1. The fourth-order valence-corrected chi connectivity index (χ4v) is 3.38. The van der Waals surface area contributed by atoms with E-state index in [9.17, 15) is 19.2 Å². The highest BCUT2D eigenvalue weighted by atomic mass is 16.4. The fraction of sp³-hybridized carbons (Fsp3) is 0.0833. The number of carbonyl (C=O) groups is 4. The van der Waals surface area contributed by atoms with Crippen LogP contribution in [-0.2, 0) is 9.59 Å². The second kappa shape index (κ2) is 7.99. The van der Waals surface area contributed by atoms with Crippen molar-refractivity contribution < 1.29 is 28.7 Å². The van der Waals surface area contributed by atoms with Crippen LogP contribution in [0.25, 0.3) is 17.4 Å². The van der Waals surface area contributed by atoms with Crippen molar-refractivity contribution in [2.75, 3.05) is 4.90 Å². The minimum Gasteiger partial charge on any atom is -0.478 e. The fourth-order valence-electron chi connectivity index (χ4n) is 3.38. The Hall–Kier alpha value is -4.46. The minimum atomic E-state index is -1.03. The second-order valence-corrected chi connectivity index (χ2v) is 7.33. The molecule has 0 radical (unpaired) electrons. The molecule has 0 spiro atoms. The van der Waals surface area contributed by atoms with E-state index in [-0.39, 0.29) is 16.9 Å². The third-order valence-corrected chi connectivity index (χ3v) is 5.05. The van der Waals surface area contributed by atoms with Crippen LogP contribution in [0.2, 0.25) is 0 Å². The van der Waals surface area contributed by atoms with E-state index in [4.69, 9.17) is 9.52 Å². The van der Waals surface area contributed by atoms with Gasteiger partial charge < -0.3 is 9.52 Å². The van der Waals surface area contributed by atoms with Crippen LogP contribution < -0.4 is 10.2 Å². The molecule has 3 aromatic rings. The number of furan rings is 1. The lowest BCUT2D eigenvalue weighted by Crippen LogP contribution is -2.54. The molecule has 1 aliphatic heterocycles. The van der Waals surface area contributed by atoms with Crippen molar-refractivity contribution in [2.45, 2.75) is 13.8 Å². The lowest BCUT2D eigenvalue weighted by atomic mass is 10.0. The van der Waals surface area contributed by atoms with Gasteiger partial charge in [-0.25, -0.2) is 14.5 Å². The lowest BCUT2D eigenvalue weighted by molar-refractivity contribution is -0.122. The Bertz CT molecular complexity index is 1300. The molecule has 0 atom stereocenters. The summed E-state index contributed by atoms with van der Waals surface area (Å²) in [4.78, 5) is 49.6. The number of carboxylic acid groups (broad SMARTS) is 1. The van der Waals surface area contributed by atoms with Crippen molar-refractivity contribution in [3.05, 3.63) is 82.6 Å². The van der Waals surface area contributed by atoms with E-state index < -0.39 is 23.8 Å². The molecule has 2 heterocycles. The average Bonchev–Trinajstić information content (AvgIpc) is 3.20. The summed E-state index contributed by atoms with van der Waals surface area (Å²) >= 11 is 0. The Balaban J connectivity index is 1.66. The highest BCUT2D eigenvalue weighted by molar-refractivity contribution is 6.39. The van der Waals surface area contributed by atoms with Crippen LogP contribution in [0.5, 0.6) is 0 Å². The second-order valence-electron chi connectivity index (χ2n) is 7.33. The molecule has 8 nitrogen and oxygen atoms in total. The van der Waals surface area contributed by atoms with Gasteiger partial charge in [0.05, 0.1) is 11.3 Å². The molecule has 4 rings (SSSR count). The lowest BCUT2D eigenvalue weighted by Gasteiger charge is -2.26. The van der Waals surface area contributed by atoms with Crippen LogP contribution in [-0.4, -0.2) is 28.9 Å². The van der Waals surface area contributed by atoms with Crippen LogP contribution in [0.15, 0.2) is 64.6 Å². The quantitative estimate of drug-likeness (QED) is 0.479. The summed E-state index contributed by atoms with van der Waals surface area (Å²) < 4.78 is 5.77. The molecular formula is C24H18N2O6. The summed E-state index contributed by atoms with van der Waals surface area (Å²) in [6.45, 7) is 3.63. The number of nitrogens with zero attached hydrogens (tertiary/aromatic N) is 1. The van der Waals surface area contributed by atoms with E-state index >= 15 is 0 Å². The van der Waals surface area contributed by atoms with Gasteiger partial charge in [-0.05, 0) is 61.9 Å². The third-order valence-electron chi connectivity index (χ3n) is 5.05. The molecule has 2 N–H and O–H groups in total. The van der Waals surface area contributed by atoms with Crippen molar-refractivity contribution in [1.29, 1.82) is 0 Å². The summed E-state index contributed by atoms with van der Waals surface area (Å²) in [6.07, 6.45) is 1.27. The van der Waals surface area contributed by atoms with Gasteiger partial charge in [-0.15, -0.1) is 0 Å². The zero-order valence-electron chi connectivity index (χ0n) is 17.2. The Morgan fingerprint density at radius 1 is 1.00 bits per heavy atom. The first-order valence-electron chi connectivity index (χ1n) is 9.67. The average molecular weight is 430 g/mol. The molecule has 8 heteroatoms. The first-order chi connectivity index (χ1) is 15.2. The van der Waals surface area contributed by atoms with E-state index in [2.05, 4.69) is 5.32 Å². The molecule has 1 aliphatic rings. The highest BCUT2D eigenvalue weighted by Gasteiger charge is 2.37. The van der Waals surface area contributed by atoms with Gasteiger partial charge in [-0.3, -0.25) is 14.9 Å². The van der Waals surface area contributed by atoms with Crippen LogP contribution in [0, 0.1) is 13.8 Å². The smallest absolute Gasteiger partial charge is 0.335 e. The zero-order chi connectivity index (χ0) is 23.0. The highest BCUT2D eigenvalue weighted by Crippen LogP contribution is 2.28. The summed E-state index contributed by atoms with van der Waals surface area (Å²) in [5.41, 5.74) is 2.58. The van der Waals surface area contributed by atoms with Crippen LogP contribution in [0.1, 0.15) is 27.2 Å². The van der Waals surface area contributed by atoms with Gasteiger partial charge in [-0.1, -0.05) is 23.8 Å². The van der Waals surface area contributed by atoms with Gasteiger partial charge in [-0.2, -0.15) is 0 Å². The van der Waals surface area contributed by atoms with Gasteiger partial charge in [0.1, 0.15) is 17.1 Å². The van der Waals surface area contributed by atoms with Gasteiger partial charge in [0.25, 0.3) is 11.8 Å². The number of amides is 4.